The average molecular weight is 372 g/mol. The van der Waals surface area contributed by atoms with E-state index in [-0.39, 0.29) is 5.02 Å². The van der Waals surface area contributed by atoms with Crippen LogP contribution in [0.2, 0.25) is 5.02 Å². The highest BCUT2D eigenvalue weighted by molar-refractivity contribution is 9.09. The molecule has 1 fully saturated rings. The first-order valence-electron chi connectivity index (χ1n) is 6.49. The molecule has 2 nitrogen and oxygen atoms in total. The molecular weight excluding hydrogens is 357 g/mol. The number of nitrogens with zero attached hydrogens (tertiary/aromatic N) is 2. The standard InChI is InChI=1S/C13H15BrClF3N2/c14-5-1-3-10-4-2-6-20(10)12-11(15)7-9(8-19-12)13(16,17)18/h7-8,10H,1-6H2. The van der Waals surface area contributed by atoms with E-state index < -0.39 is 11.7 Å². The van der Waals surface area contributed by atoms with Crippen molar-refractivity contribution in [3.8, 4) is 0 Å². The molecule has 112 valence electrons. The molecule has 20 heavy (non-hydrogen) atoms. The van der Waals surface area contributed by atoms with E-state index in [2.05, 4.69) is 20.9 Å². The summed E-state index contributed by atoms with van der Waals surface area (Å²) in [4.78, 5) is 5.98. The van der Waals surface area contributed by atoms with Crippen LogP contribution in [0.1, 0.15) is 31.2 Å². The number of hydrogen-bond donors (Lipinski definition) is 0. The van der Waals surface area contributed by atoms with Crippen molar-refractivity contribution >= 4 is 33.3 Å². The number of anilines is 1. The predicted octanol–water partition coefficient (Wildman–Crippen LogP) is 4.90. The van der Waals surface area contributed by atoms with Crippen molar-refractivity contribution in [3.05, 3.63) is 22.8 Å². The first-order chi connectivity index (χ1) is 9.43. The quantitative estimate of drug-likeness (QED) is 0.700. The second-order valence-corrected chi connectivity index (χ2v) is 6.05. The zero-order valence-electron chi connectivity index (χ0n) is 10.8. The summed E-state index contributed by atoms with van der Waals surface area (Å²) in [5, 5.41) is 0.997. The summed E-state index contributed by atoms with van der Waals surface area (Å²) < 4.78 is 37.8. The van der Waals surface area contributed by atoms with Crippen molar-refractivity contribution in [1.82, 2.24) is 4.98 Å². The molecule has 0 radical (unpaired) electrons. The lowest BCUT2D eigenvalue weighted by atomic mass is 10.1. The molecule has 0 bridgehead atoms. The molecule has 1 atom stereocenters. The number of rotatable bonds is 4. The summed E-state index contributed by atoms with van der Waals surface area (Å²) in [6, 6.07) is 1.28. The molecule has 1 aromatic heterocycles. The molecule has 1 unspecified atom stereocenters. The molecule has 0 N–H and O–H groups in total. The Kier molecular flexibility index (Phi) is 5.18. The Labute approximate surface area is 129 Å². The minimum absolute atomic E-state index is 0.0746. The predicted molar refractivity (Wildman–Crippen MR) is 77.6 cm³/mol. The topological polar surface area (TPSA) is 16.1 Å². The lowest BCUT2D eigenvalue weighted by Gasteiger charge is -2.26. The van der Waals surface area contributed by atoms with Crippen molar-refractivity contribution in [2.24, 2.45) is 0 Å². The van der Waals surface area contributed by atoms with E-state index in [0.717, 1.165) is 49.8 Å². The van der Waals surface area contributed by atoms with Gasteiger partial charge in [-0.1, -0.05) is 27.5 Å². The van der Waals surface area contributed by atoms with E-state index in [1.165, 1.54) is 0 Å². The monoisotopic (exact) mass is 370 g/mol. The maximum absolute atomic E-state index is 12.6. The van der Waals surface area contributed by atoms with Gasteiger partial charge in [0.25, 0.3) is 0 Å². The number of alkyl halides is 4. The van der Waals surface area contributed by atoms with Gasteiger partial charge < -0.3 is 4.90 Å². The molecule has 0 saturated carbocycles. The highest BCUT2D eigenvalue weighted by Crippen LogP contribution is 2.36. The Morgan fingerprint density at radius 2 is 2.20 bits per heavy atom. The first kappa shape index (κ1) is 15.9. The lowest BCUT2D eigenvalue weighted by molar-refractivity contribution is -0.137. The average Bonchev–Trinajstić information content (AvgIpc) is 2.83. The van der Waals surface area contributed by atoms with Crippen LogP contribution in [0.4, 0.5) is 19.0 Å². The van der Waals surface area contributed by atoms with Crippen LogP contribution in [0.3, 0.4) is 0 Å². The van der Waals surface area contributed by atoms with Gasteiger partial charge in [-0.05, 0) is 31.7 Å². The molecule has 7 heteroatoms. The van der Waals surface area contributed by atoms with Crippen LogP contribution in [-0.2, 0) is 6.18 Å². The van der Waals surface area contributed by atoms with Gasteiger partial charge in [0.2, 0.25) is 0 Å². The minimum atomic E-state index is -4.41. The van der Waals surface area contributed by atoms with Gasteiger partial charge in [-0.3, -0.25) is 0 Å². The van der Waals surface area contributed by atoms with Crippen LogP contribution in [0, 0.1) is 0 Å². The molecule has 0 aliphatic carbocycles. The van der Waals surface area contributed by atoms with E-state index in [1.54, 1.807) is 0 Å². The SMILES string of the molecule is FC(F)(F)c1cnc(N2CCCC2CCCBr)c(Cl)c1. The zero-order valence-corrected chi connectivity index (χ0v) is 13.1. The van der Waals surface area contributed by atoms with Crippen molar-refractivity contribution in [2.75, 3.05) is 16.8 Å². The van der Waals surface area contributed by atoms with Gasteiger partial charge in [0.05, 0.1) is 10.6 Å². The third-order valence-corrected chi connectivity index (χ3v) is 4.31. The minimum Gasteiger partial charge on any atom is -0.352 e. The fourth-order valence-electron chi connectivity index (χ4n) is 2.52. The first-order valence-corrected chi connectivity index (χ1v) is 7.98. The Hall–Kier alpha value is -0.490. The fraction of sp³-hybridized carbons (Fsp3) is 0.615. The van der Waals surface area contributed by atoms with E-state index in [1.807, 2.05) is 4.90 Å². The van der Waals surface area contributed by atoms with Gasteiger partial charge in [0.1, 0.15) is 5.82 Å². The molecule has 0 amide bonds. The van der Waals surface area contributed by atoms with Gasteiger partial charge in [0, 0.05) is 24.1 Å². The van der Waals surface area contributed by atoms with Crippen LogP contribution >= 0.6 is 27.5 Å². The summed E-state index contributed by atoms with van der Waals surface area (Å²) in [5.74, 6) is 0.469. The number of hydrogen-bond acceptors (Lipinski definition) is 2. The largest absolute Gasteiger partial charge is 0.417 e. The summed E-state index contributed by atoms with van der Waals surface area (Å²) in [6.45, 7) is 0.797. The summed E-state index contributed by atoms with van der Waals surface area (Å²) in [5.41, 5.74) is -0.803. The van der Waals surface area contributed by atoms with Crippen LogP contribution in [0.5, 0.6) is 0 Å². The van der Waals surface area contributed by atoms with Crippen LogP contribution < -0.4 is 4.90 Å². The molecule has 0 aromatic carbocycles. The highest BCUT2D eigenvalue weighted by atomic mass is 79.9. The fourth-order valence-corrected chi connectivity index (χ4v) is 3.12. The molecule has 2 heterocycles. The summed E-state index contributed by atoms with van der Waals surface area (Å²) >= 11 is 9.39. The van der Waals surface area contributed by atoms with Crippen molar-refractivity contribution in [1.29, 1.82) is 0 Å². The number of aromatic nitrogens is 1. The molecule has 1 saturated heterocycles. The van der Waals surface area contributed by atoms with E-state index >= 15 is 0 Å². The maximum atomic E-state index is 12.6. The molecule has 2 rings (SSSR count). The maximum Gasteiger partial charge on any atom is 0.417 e. The highest BCUT2D eigenvalue weighted by Gasteiger charge is 2.33. The van der Waals surface area contributed by atoms with E-state index in [0.29, 0.717) is 11.9 Å². The normalized spacial score (nSPS) is 19.6. The van der Waals surface area contributed by atoms with Crippen LogP contribution in [0.15, 0.2) is 12.3 Å². The zero-order chi connectivity index (χ0) is 14.8. The Morgan fingerprint density at radius 1 is 1.45 bits per heavy atom. The van der Waals surface area contributed by atoms with E-state index in [4.69, 9.17) is 11.6 Å². The second-order valence-electron chi connectivity index (χ2n) is 4.85. The van der Waals surface area contributed by atoms with Crippen molar-refractivity contribution < 1.29 is 13.2 Å². The number of pyridine rings is 1. The van der Waals surface area contributed by atoms with Gasteiger partial charge in [0.15, 0.2) is 0 Å². The van der Waals surface area contributed by atoms with Gasteiger partial charge in [-0.25, -0.2) is 4.98 Å². The lowest BCUT2D eigenvalue weighted by Crippen LogP contribution is -2.30. The van der Waals surface area contributed by atoms with Crippen LogP contribution in [-0.4, -0.2) is 22.9 Å². The Bertz CT molecular complexity index is 467. The molecular formula is C13H15BrClF3N2. The van der Waals surface area contributed by atoms with Crippen molar-refractivity contribution in [2.45, 2.75) is 37.9 Å². The van der Waals surface area contributed by atoms with E-state index in [9.17, 15) is 13.2 Å². The third-order valence-electron chi connectivity index (χ3n) is 3.47. The van der Waals surface area contributed by atoms with Crippen LogP contribution in [0.25, 0.3) is 0 Å². The van der Waals surface area contributed by atoms with Gasteiger partial charge in [-0.2, -0.15) is 13.2 Å². The molecule has 1 aliphatic heterocycles. The molecule has 1 aromatic rings. The Morgan fingerprint density at radius 3 is 2.80 bits per heavy atom. The second kappa shape index (κ2) is 6.52. The third kappa shape index (κ3) is 3.58. The number of halogens is 5. The smallest absolute Gasteiger partial charge is 0.352 e. The molecule has 0 spiro atoms. The van der Waals surface area contributed by atoms with Crippen molar-refractivity contribution in [3.63, 3.8) is 0 Å². The summed E-state index contributed by atoms with van der Waals surface area (Å²) in [7, 11) is 0. The van der Waals surface area contributed by atoms with Gasteiger partial charge >= 0.3 is 6.18 Å². The summed E-state index contributed by atoms with van der Waals surface area (Å²) in [6.07, 6.45) is 0.526. The van der Waals surface area contributed by atoms with Gasteiger partial charge in [-0.15, -0.1) is 0 Å². The molecule has 1 aliphatic rings. The Balaban J connectivity index is 2.20.